The number of rotatable bonds is 6. The van der Waals surface area contributed by atoms with Crippen molar-refractivity contribution in [3.05, 3.63) is 48.4 Å². The average Bonchev–Trinajstić information content (AvgIpc) is 2.68. The van der Waals surface area contributed by atoms with Gasteiger partial charge in [-0.25, -0.2) is 4.98 Å². The van der Waals surface area contributed by atoms with Crippen LogP contribution in [0, 0.1) is 0 Å². The fourth-order valence-electron chi connectivity index (χ4n) is 2.93. The van der Waals surface area contributed by atoms with Gasteiger partial charge in [-0.3, -0.25) is 19.5 Å². The quantitative estimate of drug-likeness (QED) is 0.798. The van der Waals surface area contributed by atoms with Crippen molar-refractivity contribution in [3.8, 4) is 0 Å². The van der Waals surface area contributed by atoms with Crippen molar-refractivity contribution in [2.45, 2.75) is 13.3 Å². The van der Waals surface area contributed by atoms with E-state index in [1.165, 1.54) is 6.92 Å². The van der Waals surface area contributed by atoms with Crippen molar-refractivity contribution in [1.29, 1.82) is 0 Å². The number of nitrogens with one attached hydrogen (secondary N) is 1. The highest BCUT2D eigenvalue weighted by molar-refractivity contribution is 5.95. The van der Waals surface area contributed by atoms with Crippen molar-refractivity contribution in [3.63, 3.8) is 0 Å². The summed E-state index contributed by atoms with van der Waals surface area (Å²) in [6, 6.07) is 6.97. The van der Waals surface area contributed by atoms with Crippen LogP contribution in [0.25, 0.3) is 0 Å². The van der Waals surface area contributed by atoms with Crippen molar-refractivity contribution in [2.75, 3.05) is 42.9 Å². The van der Waals surface area contributed by atoms with Crippen LogP contribution in [-0.4, -0.2) is 59.3 Å². The van der Waals surface area contributed by atoms with Crippen LogP contribution in [0.15, 0.2) is 42.9 Å². The minimum absolute atomic E-state index is 0.0167. The maximum absolute atomic E-state index is 12.1. The normalized spacial score (nSPS) is 14.9. The lowest BCUT2D eigenvalue weighted by atomic mass is 10.1. The summed E-state index contributed by atoms with van der Waals surface area (Å²) in [4.78, 5) is 36.3. The SMILES string of the molecule is CC(=O)c1ccc(NC(=O)CCN2CCN(c3cnccn3)CC2)cc1. The van der Waals surface area contributed by atoms with Gasteiger partial charge in [0.15, 0.2) is 5.78 Å². The summed E-state index contributed by atoms with van der Waals surface area (Å²) in [5.41, 5.74) is 1.36. The van der Waals surface area contributed by atoms with Gasteiger partial charge < -0.3 is 10.2 Å². The molecule has 1 saturated heterocycles. The van der Waals surface area contributed by atoms with E-state index in [2.05, 4.69) is 25.1 Å². The van der Waals surface area contributed by atoms with E-state index in [0.29, 0.717) is 17.7 Å². The highest BCUT2D eigenvalue weighted by atomic mass is 16.1. The number of carbonyl (C=O) groups excluding carboxylic acids is 2. The average molecular weight is 353 g/mol. The minimum Gasteiger partial charge on any atom is -0.353 e. The second-order valence-electron chi connectivity index (χ2n) is 6.32. The molecule has 136 valence electrons. The van der Waals surface area contributed by atoms with Crippen molar-refractivity contribution >= 4 is 23.2 Å². The van der Waals surface area contributed by atoms with Gasteiger partial charge in [0.1, 0.15) is 5.82 Å². The van der Waals surface area contributed by atoms with E-state index < -0.39 is 0 Å². The summed E-state index contributed by atoms with van der Waals surface area (Å²) >= 11 is 0. The predicted octanol–water partition coefficient (Wildman–Crippen LogP) is 1.83. The molecule has 0 atom stereocenters. The molecule has 1 N–H and O–H groups in total. The molecule has 1 aliphatic rings. The summed E-state index contributed by atoms with van der Waals surface area (Å²) < 4.78 is 0. The Morgan fingerprint density at radius 1 is 1.08 bits per heavy atom. The van der Waals surface area contributed by atoms with Gasteiger partial charge in [0.25, 0.3) is 0 Å². The highest BCUT2D eigenvalue weighted by Gasteiger charge is 2.18. The van der Waals surface area contributed by atoms with Gasteiger partial charge in [-0.2, -0.15) is 0 Å². The molecule has 7 heteroatoms. The van der Waals surface area contributed by atoms with Gasteiger partial charge in [0.05, 0.1) is 6.20 Å². The van der Waals surface area contributed by atoms with Gasteiger partial charge in [-0.1, -0.05) is 0 Å². The molecular weight excluding hydrogens is 330 g/mol. The lowest BCUT2D eigenvalue weighted by Crippen LogP contribution is -2.47. The highest BCUT2D eigenvalue weighted by Crippen LogP contribution is 2.13. The molecule has 1 aliphatic heterocycles. The van der Waals surface area contributed by atoms with Gasteiger partial charge in [0, 0.05) is 62.8 Å². The van der Waals surface area contributed by atoms with Gasteiger partial charge in [0.2, 0.25) is 5.91 Å². The maximum atomic E-state index is 12.1. The van der Waals surface area contributed by atoms with Crippen molar-refractivity contribution < 1.29 is 9.59 Å². The molecule has 26 heavy (non-hydrogen) atoms. The van der Waals surface area contributed by atoms with E-state index >= 15 is 0 Å². The second kappa shape index (κ2) is 8.53. The molecule has 0 aliphatic carbocycles. The summed E-state index contributed by atoms with van der Waals surface area (Å²) in [5.74, 6) is 0.902. The number of hydrogen-bond acceptors (Lipinski definition) is 6. The molecule has 3 rings (SSSR count). The number of anilines is 2. The third-order valence-corrected chi connectivity index (χ3v) is 4.48. The fraction of sp³-hybridized carbons (Fsp3) is 0.368. The number of aromatic nitrogens is 2. The van der Waals surface area contributed by atoms with Gasteiger partial charge in [-0.15, -0.1) is 0 Å². The van der Waals surface area contributed by atoms with E-state index in [9.17, 15) is 9.59 Å². The summed E-state index contributed by atoms with van der Waals surface area (Å²) in [6.45, 7) is 5.82. The van der Waals surface area contributed by atoms with Crippen LogP contribution in [0.2, 0.25) is 0 Å². The first-order valence-electron chi connectivity index (χ1n) is 8.76. The molecular formula is C19H23N5O2. The van der Waals surface area contributed by atoms with E-state index in [1.807, 2.05) is 0 Å². The molecule has 1 fully saturated rings. The number of piperazine rings is 1. The van der Waals surface area contributed by atoms with E-state index in [1.54, 1.807) is 42.9 Å². The lowest BCUT2D eigenvalue weighted by molar-refractivity contribution is -0.116. The standard InChI is InChI=1S/C19H23N5O2/c1-15(25)16-2-4-17(5-3-16)22-19(26)6-9-23-10-12-24(13-11-23)18-14-20-7-8-21-18/h2-5,7-8,14H,6,9-13H2,1H3,(H,22,26). The maximum Gasteiger partial charge on any atom is 0.225 e. The molecule has 1 aromatic carbocycles. The number of Topliss-reactive ketones (excluding diaryl/α,β-unsaturated/α-hetero) is 1. The Morgan fingerprint density at radius 2 is 1.81 bits per heavy atom. The number of benzene rings is 1. The largest absolute Gasteiger partial charge is 0.353 e. The lowest BCUT2D eigenvalue weighted by Gasteiger charge is -2.35. The predicted molar refractivity (Wildman–Crippen MR) is 100 cm³/mol. The number of carbonyl (C=O) groups is 2. The fourth-order valence-corrected chi connectivity index (χ4v) is 2.93. The van der Waals surface area contributed by atoms with Crippen LogP contribution in [0.4, 0.5) is 11.5 Å². The molecule has 0 unspecified atom stereocenters. The third-order valence-electron chi connectivity index (χ3n) is 4.48. The van der Waals surface area contributed by atoms with Gasteiger partial charge >= 0.3 is 0 Å². The monoisotopic (exact) mass is 353 g/mol. The number of nitrogens with zero attached hydrogens (tertiary/aromatic N) is 4. The zero-order valence-corrected chi connectivity index (χ0v) is 14.9. The minimum atomic E-state index is -0.0167. The van der Waals surface area contributed by atoms with E-state index in [4.69, 9.17) is 0 Å². The number of ketones is 1. The smallest absolute Gasteiger partial charge is 0.225 e. The molecule has 2 aromatic rings. The Hall–Kier alpha value is -2.80. The Labute approximate surface area is 153 Å². The summed E-state index contributed by atoms with van der Waals surface area (Å²) in [6.07, 6.45) is 5.60. The summed E-state index contributed by atoms with van der Waals surface area (Å²) in [7, 11) is 0. The van der Waals surface area contributed by atoms with Crippen molar-refractivity contribution in [1.82, 2.24) is 14.9 Å². The molecule has 2 heterocycles. The molecule has 0 saturated carbocycles. The molecule has 0 radical (unpaired) electrons. The second-order valence-corrected chi connectivity index (χ2v) is 6.32. The zero-order chi connectivity index (χ0) is 18.4. The first-order valence-corrected chi connectivity index (χ1v) is 8.76. The molecule has 0 bridgehead atoms. The molecule has 1 amide bonds. The third kappa shape index (κ3) is 4.86. The van der Waals surface area contributed by atoms with Crippen LogP contribution >= 0.6 is 0 Å². The van der Waals surface area contributed by atoms with Crippen LogP contribution in [-0.2, 0) is 4.79 Å². The van der Waals surface area contributed by atoms with E-state index in [-0.39, 0.29) is 11.7 Å². The molecule has 0 spiro atoms. The topological polar surface area (TPSA) is 78.4 Å². The molecule has 7 nitrogen and oxygen atoms in total. The van der Waals surface area contributed by atoms with Crippen LogP contribution in [0.1, 0.15) is 23.7 Å². The van der Waals surface area contributed by atoms with E-state index in [0.717, 1.165) is 38.5 Å². The Morgan fingerprint density at radius 3 is 2.42 bits per heavy atom. The van der Waals surface area contributed by atoms with Crippen LogP contribution in [0.3, 0.4) is 0 Å². The summed E-state index contributed by atoms with van der Waals surface area (Å²) in [5, 5.41) is 2.88. The first-order chi connectivity index (χ1) is 12.6. The number of hydrogen-bond donors (Lipinski definition) is 1. The molecule has 1 aromatic heterocycles. The first kappa shape index (κ1) is 18.0. The zero-order valence-electron chi connectivity index (χ0n) is 14.9. The van der Waals surface area contributed by atoms with Gasteiger partial charge in [-0.05, 0) is 31.2 Å². The Balaban J connectivity index is 1.40. The Kier molecular flexibility index (Phi) is 5.91. The number of amides is 1. The van der Waals surface area contributed by atoms with Crippen LogP contribution < -0.4 is 10.2 Å². The van der Waals surface area contributed by atoms with Crippen molar-refractivity contribution in [2.24, 2.45) is 0 Å². The van der Waals surface area contributed by atoms with Crippen LogP contribution in [0.5, 0.6) is 0 Å². The Bertz CT molecular complexity index is 740.